The second-order valence-corrected chi connectivity index (χ2v) is 8.48. The molecule has 1 amide bonds. The average molecular weight is 378 g/mol. The van der Waals surface area contributed by atoms with Gasteiger partial charge in [0.15, 0.2) is 0 Å². The number of amides is 1. The van der Waals surface area contributed by atoms with Crippen LogP contribution in [0.15, 0.2) is 71.6 Å². The van der Waals surface area contributed by atoms with E-state index in [-0.39, 0.29) is 11.9 Å². The number of thioether (sulfide) groups is 1. The third kappa shape index (κ3) is 5.61. The Labute approximate surface area is 166 Å². The van der Waals surface area contributed by atoms with Crippen molar-refractivity contribution in [3.05, 3.63) is 77.9 Å². The summed E-state index contributed by atoms with van der Waals surface area (Å²) in [5.41, 5.74) is 2.49. The normalized spacial score (nSPS) is 12.3. The van der Waals surface area contributed by atoms with Crippen LogP contribution in [0.1, 0.15) is 37.9 Å². The fourth-order valence-corrected chi connectivity index (χ4v) is 3.94. The van der Waals surface area contributed by atoms with E-state index >= 15 is 0 Å². The van der Waals surface area contributed by atoms with Crippen LogP contribution in [0.2, 0.25) is 0 Å². The quantitative estimate of drug-likeness (QED) is 0.511. The lowest BCUT2D eigenvalue weighted by Gasteiger charge is -2.15. The zero-order valence-electron chi connectivity index (χ0n) is 16.2. The minimum Gasteiger partial charge on any atom is -0.349 e. The van der Waals surface area contributed by atoms with Crippen molar-refractivity contribution in [1.29, 1.82) is 0 Å². The van der Waals surface area contributed by atoms with Gasteiger partial charge < -0.3 is 5.32 Å². The SMILES string of the molecule is CC(C)Cc1ccc([C@H](C)NC(=O)CSc2ccc3ccccc3c2)cc1. The van der Waals surface area contributed by atoms with Crippen LogP contribution in [0.4, 0.5) is 0 Å². The number of fused-ring (bicyclic) bond motifs is 1. The van der Waals surface area contributed by atoms with E-state index in [0.717, 1.165) is 16.9 Å². The summed E-state index contributed by atoms with van der Waals surface area (Å²) >= 11 is 1.58. The Morgan fingerprint density at radius 1 is 0.926 bits per heavy atom. The maximum Gasteiger partial charge on any atom is 0.230 e. The van der Waals surface area contributed by atoms with Crippen molar-refractivity contribution >= 4 is 28.4 Å². The second-order valence-electron chi connectivity index (χ2n) is 7.43. The van der Waals surface area contributed by atoms with E-state index in [1.54, 1.807) is 11.8 Å². The van der Waals surface area contributed by atoms with Crippen molar-refractivity contribution in [2.24, 2.45) is 5.92 Å². The molecule has 2 nitrogen and oxygen atoms in total. The van der Waals surface area contributed by atoms with Crippen molar-refractivity contribution < 1.29 is 4.79 Å². The molecule has 140 valence electrons. The Balaban J connectivity index is 1.53. The monoisotopic (exact) mass is 377 g/mol. The molecule has 0 heterocycles. The predicted octanol–water partition coefficient (Wildman–Crippen LogP) is 6.01. The Bertz CT molecular complexity index is 902. The zero-order valence-corrected chi connectivity index (χ0v) is 17.1. The summed E-state index contributed by atoms with van der Waals surface area (Å²) in [5.74, 6) is 1.14. The molecule has 1 N–H and O–H groups in total. The molecule has 0 unspecified atom stereocenters. The minimum atomic E-state index is 0.0165. The number of rotatable bonds is 7. The Morgan fingerprint density at radius 3 is 2.33 bits per heavy atom. The van der Waals surface area contributed by atoms with Gasteiger partial charge in [-0.05, 0) is 53.3 Å². The maximum absolute atomic E-state index is 12.3. The maximum atomic E-state index is 12.3. The number of carbonyl (C=O) groups is 1. The predicted molar refractivity (Wildman–Crippen MR) is 116 cm³/mol. The molecule has 3 rings (SSSR count). The molecule has 0 aliphatic rings. The van der Waals surface area contributed by atoms with Gasteiger partial charge >= 0.3 is 0 Å². The molecule has 0 aliphatic carbocycles. The van der Waals surface area contributed by atoms with Crippen molar-refractivity contribution in [3.8, 4) is 0 Å². The van der Waals surface area contributed by atoms with Gasteiger partial charge in [-0.1, -0.05) is 68.4 Å². The van der Waals surface area contributed by atoms with Crippen LogP contribution in [-0.2, 0) is 11.2 Å². The zero-order chi connectivity index (χ0) is 19.2. The highest BCUT2D eigenvalue weighted by Crippen LogP contribution is 2.24. The molecule has 1 atom stereocenters. The summed E-state index contributed by atoms with van der Waals surface area (Å²) in [7, 11) is 0. The van der Waals surface area contributed by atoms with Gasteiger partial charge in [0.05, 0.1) is 11.8 Å². The molecule has 0 radical (unpaired) electrons. The highest BCUT2D eigenvalue weighted by Gasteiger charge is 2.10. The third-order valence-corrected chi connectivity index (χ3v) is 5.59. The standard InChI is InChI=1S/C24H27NOS/c1-17(2)14-19-8-10-20(11-9-19)18(3)25-24(26)16-27-23-13-12-21-6-4-5-7-22(21)15-23/h4-13,15,17-18H,14,16H2,1-3H3,(H,25,26)/t18-/m0/s1. The van der Waals surface area contributed by atoms with Gasteiger partial charge in [-0.2, -0.15) is 0 Å². The first-order valence-electron chi connectivity index (χ1n) is 9.51. The Kier molecular flexibility index (Phi) is 6.57. The summed E-state index contributed by atoms with van der Waals surface area (Å²) in [6, 6.07) is 23.2. The summed E-state index contributed by atoms with van der Waals surface area (Å²) < 4.78 is 0. The Morgan fingerprint density at radius 2 is 1.63 bits per heavy atom. The van der Waals surface area contributed by atoms with Gasteiger partial charge in [0.2, 0.25) is 5.91 Å². The molecule has 3 aromatic carbocycles. The van der Waals surface area contributed by atoms with Crippen LogP contribution in [-0.4, -0.2) is 11.7 Å². The average Bonchev–Trinajstić information content (AvgIpc) is 2.66. The minimum absolute atomic E-state index is 0.0165. The van der Waals surface area contributed by atoms with Crippen molar-refractivity contribution in [2.75, 3.05) is 5.75 Å². The Hall–Kier alpha value is -2.26. The number of carbonyl (C=O) groups excluding carboxylic acids is 1. The molecule has 0 aromatic heterocycles. The van der Waals surface area contributed by atoms with Crippen LogP contribution in [0.5, 0.6) is 0 Å². The molecule has 0 saturated carbocycles. The van der Waals surface area contributed by atoms with E-state index in [9.17, 15) is 4.79 Å². The number of benzene rings is 3. The van der Waals surface area contributed by atoms with Crippen LogP contribution in [0, 0.1) is 5.92 Å². The first-order chi connectivity index (χ1) is 13.0. The number of hydrogen-bond donors (Lipinski definition) is 1. The lowest BCUT2D eigenvalue weighted by Crippen LogP contribution is -2.28. The van der Waals surface area contributed by atoms with E-state index in [0.29, 0.717) is 11.7 Å². The molecule has 27 heavy (non-hydrogen) atoms. The molecular formula is C24H27NOS. The molecule has 0 bridgehead atoms. The molecule has 0 saturated heterocycles. The van der Waals surface area contributed by atoms with E-state index < -0.39 is 0 Å². The van der Waals surface area contributed by atoms with Crippen LogP contribution < -0.4 is 5.32 Å². The lowest BCUT2D eigenvalue weighted by molar-refractivity contribution is -0.119. The second kappa shape index (κ2) is 9.09. The first kappa shape index (κ1) is 19.5. The van der Waals surface area contributed by atoms with Crippen LogP contribution >= 0.6 is 11.8 Å². The number of nitrogens with one attached hydrogen (secondary N) is 1. The van der Waals surface area contributed by atoms with E-state index in [1.807, 2.05) is 19.1 Å². The van der Waals surface area contributed by atoms with Gasteiger partial charge in [0, 0.05) is 4.90 Å². The van der Waals surface area contributed by atoms with Crippen molar-refractivity contribution in [3.63, 3.8) is 0 Å². The summed E-state index contributed by atoms with van der Waals surface area (Å²) in [6.07, 6.45) is 1.09. The summed E-state index contributed by atoms with van der Waals surface area (Å²) in [4.78, 5) is 13.5. The van der Waals surface area contributed by atoms with Crippen LogP contribution in [0.25, 0.3) is 10.8 Å². The molecule has 3 aromatic rings. The topological polar surface area (TPSA) is 29.1 Å². The van der Waals surface area contributed by atoms with Gasteiger partial charge in [-0.25, -0.2) is 0 Å². The highest BCUT2D eigenvalue weighted by atomic mass is 32.2. The van der Waals surface area contributed by atoms with Gasteiger partial charge in [0.25, 0.3) is 0 Å². The van der Waals surface area contributed by atoms with E-state index in [1.165, 1.54) is 16.3 Å². The highest BCUT2D eigenvalue weighted by molar-refractivity contribution is 8.00. The van der Waals surface area contributed by atoms with Crippen molar-refractivity contribution in [1.82, 2.24) is 5.32 Å². The largest absolute Gasteiger partial charge is 0.349 e. The summed E-state index contributed by atoms with van der Waals surface area (Å²) in [6.45, 7) is 6.49. The van der Waals surface area contributed by atoms with Gasteiger partial charge in [-0.15, -0.1) is 11.8 Å². The molecule has 0 aliphatic heterocycles. The van der Waals surface area contributed by atoms with E-state index in [2.05, 4.69) is 73.8 Å². The molecular weight excluding hydrogens is 350 g/mol. The van der Waals surface area contributed by atoms with E-state index in [4.69, 9.17) is 0 Å². The first-order valence-corrected chi connectivity index (χ1v) is 10.5. The lowest BCUT2D eigenvalue weighted by atomic mass is 10.00. The fourth-order valence-electron chi connectivity index (χ4n) is 3.19. The third-order valence-electron chi connectivity index (χ3n) is 4.59. The fraction of sp³-hybridized carbons (Fsp3) is 0.292. The molecule has 0 fully saturated rings. The summed E-state index contributed by atoms with van der Waals surface area (Å²) in [5, 5.41) is 5.53. The number of hydrogen-bond acceptors (Lipinski definition) is 2. The molecule has 0 spiro atoms. The smallest absolute Gasteiger partial charge is 0.230 e. The van der Waals surface area contributed by atoms with Gasteiger partial charge in [0.1, 0.15) is 0 Å². The van der Waals surface area contributed by atoms with Crippen LogP contribution in [0.3, 0.4) is 0 Å². The van der Waals surface area contributed by atoms with Gasteiger partial charge in [-0.3, -0.25) is 4.79 Å². The van der Waals surface area contributed by atoms with Crippen molar-refractivity contribution in [2.45, 2.75) is 38.1 Å². The molecule has 3 heteroatoms.